The first-order valence-electron chi connectivity index (χ1n) is 5.38. The molecule has 90 valence electrons. The van der Waals surface area contributed by atoms with Crippen LogP contribution in [0.4, 0.5) is 10.8 Å². The van der Waals surface area contributed by atoms with E-state index in [1.807, 2.05) is 31.2 Å². The van der Waals surface area contributed by atoms with Crippen LogP contribution in [0.25, 0.3) is 0 Å². The molecule has 17 heavy (non-hydrogen) atoms. The quantitative estimate of drug-likeness (QED) is 0.893. The fourth-order valence-corrected chi connectivity index (χ4v) is 2.63. The second kappa shape index (κ2) is 5.49. The smallest absolute Gasteiger partial charge is 0.187 e. The summed E-state index contributed by atoms with van der Waals surface area (Å²) in [4.78, 5) is 5.71. The van der Waals surface area contributed by atoms with Crippen LogP contribution in [-0.2, 0) is 6.42 Å². The summed E-state index contributed by atoms with van der Waals surface area (Å²) < 4.78 is 0. The molecule has 0 fully saturated rings. The lowest BCUT2D eigenvalue weighted by molar-refractivity contribution is 0.970. The van der Waals surface area contributed by atoms with Crippen molar-refractivity contribution in [3.63, 3.8) is 0 Å². The van der Waals surface area contributed by atoms with Gasteiger partial charge in [-0.25, -0.2) is 4.98 Å². The lowest BCUT2D eigenvalue weighted by atomic mass is 10.3. The molecule has 0 aliphatic rings. The van der Waals surface area contributed by atoms with Crippen LogP contribution < -0.4 is 11.1 Å². The van der Waals surface area contributed by atoms with Crippen molar-refractivity contribution in [1.29, 1.82) is 0 Å². The molecule has 0 bridgehead atoms. The number of halogens is 1. The van der Waals surface area contributed by atoms with Crippen LogP contribution in [0, 0.1) is 6.92 Å². The summed E-state index contributed by atoms with van der Waals surface area (Å²) in [6, 6.07) is 7.57. The van der Waals surface area contributed by atoms with Crippen molar-refractivity contribution >= 4 is 33.8 Å². The molecular formula is C12H14ClN3S. The highest BCUT2D eigenvalue weighted by Gasteiger charge is 2.06. The molecule has 0 amide bonds. The van der Waals surface area contributed by atoms with E-state index in [-0.39, 0.29) is 0 Å². The Bertz CT molecular complexity index is 493. The van der Waals surface area contributed by atoms with Gasteiger partial charge in [-0.05, 0) is 44.2 Å². The van der Waals surface area contributed by atoms with E-state index in [0.717, 1.165) is 28.0 Å². The minimum Gasteiger partial charge on any atom is -0.332 e. The van der Waals surface area contributed by atoms with Crippen molar-refractivity contribution in [3.8, 4) is 0 Å². The SMILES string of the molecule is Cc1nc(Nc2ccc(Cl)cc2)sc1CCN. The largest absolute Gasteiger partial charge is 0.332 e. The third kappa shape index (κ3) is 3.19. The van der Waals surface area contributed by atoms with Gasteiger partial charge in [0.15, 0.2) is 5.13 Å². The van der Waals surface area contributed by atoms with Gasteiger partial charge in [-0.3, -0.25) is 0 Å². The summed E-state index contributed by atoms with van der Waals surface area (Å²) in [7, 11) is 0. The first-order chi connectivity index (χ1) is 8.19. The number of nitrogens with zero attached hydrogens (tertiary/aromatic N) is 1. The van der Waals surface area contributed by atoms with Gasteiger partial charge in [-0.15, -0.1) is 11.3 Å². The zero-order valence-corrected chi connectivity index (χ0v) is 11.1. The number of hydrogen-bond donors (Lipinski definition) is 2. The van der Waals surface area contributed by atoms with Gasteiger partial charge in [0.05, 0.1) is 5.69 Å². The first-order valence-corrected chi connectivity index (χ1v) is 6.57. The van der Waals surface area contributed by atoms with Gasteiger partial charge in [0.1, 0.15) is 0 Å². The molecule has 0 aliphatic heterocycles. The topological polar surface area (TPSA) is 50.9 Å². The Kier molecular flexibility index (Phi) is 3.99. The van der Waals surface area contributed by atoms with Crippen molar-refractivity contribution < 1.29 is 0 Å². The van der Waals surface area contributed by atoms with Crippen molar-refractivity contribution in [2.75, 3.05) is 11.9 Å². The third-order valence-electron chi connectivity index (χ3n) is 2.36. The van der Waals surface area contributed by atoms with Crippen molar-refractivity contribution in [2.24, 2.45) is 5.73 Å². The predicted octanol–water partition coefficient (Wildman–Crippen LogP) is 3.35. The van der Waals surface area contributed by atoms with Crippen LogP contribution in [-0.4, -0.2) is 11.5 Å². The minimum absolute atomic E-state index is 0.656. The highest BCUT2D eigenvalue weighted by Crippen LogP contribution is 2.26. The molecule has 0 aliphatic carbocycles. The van der Waals surface area contributed by atoms with Crippen LogP contribution >= 0.6 is 22.9 Å². The van der Waals surface area contributed by atoms with Crippen LogP contribution in [0.1, 0.15) is 10.6 Å². The Balaban J connectivity index is 2.13. The van der Waals surface area contributed by atoms with Gasteiger partial charge >= 0.3 is 0 Å². The van der Waals surface area contributed by atoms with E-state index in [2.05, 4.69) is 10.3 Å². The molecule has 0 atom stereocenters. The van der Waals surface area contributed by atoms with Gasteiger partial charge < -0.3 is 11.1 Å². The Morgan fingerprint density at radius 2 is 2.06 bits per heavy atom. The Hall–Kier alpha value is -1.10. The van der Waals surface area contributed by atoms with Gasteiger partial charge in [0.2, 0.25) is 0 Å². The molecule has 1 aromatic heterocycles. The van der Waals surface area contributed by atoms with Gasteiger partial charge in [-0.1, -0.05) is 11.6 Å². The van der Waals surface area contributed by atoms with E-state index in [1.54, 1.807) is 11.3 Å². The molecule has 0 unspecified atom stereocenters. The minimum atomic E-state index is 0.656. The lowest BCUT2D eigenvalue weighted by Gasteiger charge is -2.01. The molecule has 2 rings (SSSR count). The molecule has 5 heteroatoms. The summed E-state index contributed by atoms with van der Waals surface area (Å²) in [6.07, 6.45) is 0.881. The lowest BCUT2D eigenvalue weighted by Crippen LogP contribution is -2.01. The first kappa shape index (κ1) is 12.4. The van der Waals surface area contributed by atoms with Crippen molar-refractivity contribution in [3.05, 3.63) is 39.9 Å². The normalized spacial score (nSPS) is 10.5. The Morgan fingerprint density at radius 3 is 2.71 bits per heavy atom. The molecule has 3 N–H and O–H groups in total. The molecule has 0 saturated carbocycles. The molecule has 2 aromatic rings. The summed E-state index contributed by atoms with van der Waals surface area (Å²) >= 11 is 7.48. The van der Waals surface area contributed by atoms with Crippen molar-refractivity contribution in [1.82, 2.24) is 4.98 Å². The number of nitrogens with one attached hydrogen (secondary N) is 1. The van der Waals surface area contributed by atoms with Gasteiger partial charge in [0.25, 0.3) is 0 Å². The molecule has 0 saturated heterocycles. The number of aromatic nitrogens is 1. The maximum Gasteiger partial charge on any atom is 0.187 e. The maximum absolute atomic E-state index is 5.83. The number of nitrogens with two attached hydrogens (primary N) is 1. The van der Waals surface area contributed by atoms with E-state index in [4.69, 9.17) is 17.3 Å². The standard InChI is InChI=1S/C12H14ClN3S/c1-8-11(6-7-14)17-12(15-8)16-10-4-2-9(13)3-5-10/h2-5H,6-7,14H2,1H3,(H,15,16). The monoisotopic (exact) mass is 267 g/mol. The second-order valence-electron chi connectivity index (χ2n) is 3.70. The highest BCUT2D eigenvalue weighted by molar-refractivity contribution is 7.15. The summed E-state index contributed by atoms with van der Waals surface area (Å²) in [5, 5.41) is 4.89. The zero-order chi connectivity index (χ0) is 12.3. The number of aryl methyl sites for hydroxylation is 1. The molecule has 1 aromatic carbocycles. The Morgan fingerprint density at radius 1 is 1.35 bits per heavy atom. The van der Waals surface area contributed by atoms with Crippen LogP contribution in [0.2, 0.25) is 5.02 Å². The predicted molar refractivity (Wildman–Crippen MR) is 74.3 cm³/mol. The maximum atomic E-state index is 5.83. The summed E-state index contributed by atoms with van der Waals surface area (Å²) in [6.45, 7) is 2.66. The van der Waals surface area contributed by atoms with Crippen LogP contribution in [0.5, 0.6) is 0 Å². The van der Waals surface area contributed by atoms with Crippen molar-refractivity contribution in [2.45, 2.75) is 13.3 Å². The second-order valence-corrected chi connectivity index (χ2v) is 5.22. The van der Waals surface area contributed by atoms with E-state index in [1.165, 1.54) is 4.88 Å². The average Bonchev–Trinajstić information content (AvgIpc) is 2.63. The fraction of sp³-hybridized carbons (Fsp3) is 0.250. The Labute approximate surface area is 110 Å². The average molecular weight is 268 g/mol. The van der Waals surface area contributed by atoms with E-state index < -0.39 is 0 Å². The van der Waals surface area contributed by atoms with Crippen LogP contribution in [0.15, 0.2) is 24.3 Å². The van der Waals surface area contributed by atoms with E-state index >= 15 is 0 Å². The number of benzene rings is 1. The molecular weight excluding hydrogens is 254 g/mol. The van der Waals surface area contributed by atoms with Gasteiger partial charge in [0, 0.05) is 15.6 Å². The molecule has 0 radical (unpaired) electrons. The number of hydrogen-bond acceptors (Lipinski definition) is 4. The summed E-state index contributed by atoms with van der Waals surface area (Å²) in [5.74, 6) is 0. The van der Waals surface area contributed by atoms with E-state index in [9.17, 15) is 0 Å². The number of anilines is 2. The van der Waals surface area contributed by atoms with Gasteiger partial charge in [-0.2, -0.15) is 0 Å². The molecule has 0 spiro atoms. The fourth-order valence-electron chi connectivity index (χ4n) is 1.50. The number of thiazole rings is 1. The molecule has 3 nitrogen and oxygen atoms in total. The van der Waals surface area contributed by atoms with E-state index in [0.29, 0.717) is 6.54 Å². The zero-order valence-electron chi connectivity index (χ0n) is 9.53. The summed E-state index contributed by atoms with van der Waals surface area (Å²) in [5.41, 5.74) is 7.59. The molecule has 1 heterocycles. The number of rotatable bonds is 4. The van der Waals surface area contributed by atoms with Crippen LogP contribution in [0.3, 0.4) is 0 Å². The third-order valence-corrected chi connectivity index (χ3v) is 3.74. The highest BCUT2D eigenvalue weighted by atomic mass is 35.5.